The summed E-state index contributed by atoms with van der Waals surface area (Å²) >= 11 is 0. The van der Waals surface area contributed by atoms with Crippen LogP contribution in [0, 0.1) is 0 Å². The van der Waals surface area contributed by atoms with E-state index in [2.05, 4.69) is 44.7 Å². The molecule has 0 fully saturated rings. The molecular weight excluding hydrogens is 472 g/mol. The summed E-state index contributed by atoms with van der Waals surface area (Å²) in [5.41, 5.74) is 7.99. The fraction of sp³-hybridized carbons (Fsp3) is 0.176. The van der Waals surface area contributed by atoms with Gasteiger partial charge in [-0.25, -0.2) is 0 Å². The molecule has 4 nitrogen and oxygen atoms in total. The van der Waals surface area contributed by atoms with Crippen LogP contribution in [0.2, 0.25) is 0 Å². The van der Waals surface area contributed by atoms with Crippen LogP contribution in [0.15, 0.2) is 91.5 Å². The minimum Gasteiger partial charge on any atom is -0.425 e. The summed E-state index contributed by atoms with van der Waals surface area (Å²) in [6.07, 6.45) is 2.73. The number of carbonyl (C=O) groups excluding carboxylic acids is 2. The first-order chi connectivity index (χ1) is 18.5. The number of hydrogen-bond acceptors (Lipinski definition) is 4. The molecule has 4 heteroatoms. The molecule has 3 atom stereocenters. The number of ether oxygens (including phenoxy) is 2. The SMILES string of the molecule is C=Cc1ccc(C2C(=O)Oc3ccc(C(C)c4ccc5c(c4)C(c4ccc(CC)cc4)C(=O)O5)cc32)cc1. The first-order valence-corrected chi connectivity index (χ1v) is 13.0. The molecule has 0 aromatic heterocycles. The van der Waals surface area contributed by atoms with Crippen LogP contribution < -0.4 is 9.47 Å². The molecule has 0 spiro atoms. The van der Waals surface area contributed by atoms with Crippen molar-refractivity contribution in [1.29, 1.82) is 0 Å². The number of esters is 2. The number of fused-ring (bicyclic) bond motifs is 2. The molecule has 0 saturated heterocycles. The van der Waals surface area contributed by atoms with Crippen LogP contribution in [0.1, 0.15) is 76.1 Å². The van der Waals surface area contributed by atoms with Crippen LogP contribution in [0.4, 0.5) is 0 Å². The monoisotopic (exact) mass is 500 g/mol. The average Bonchev–Trinajstić information content (AvgIpc) is 3.46. The van der Waals surface area contributed by atoms with Gasteiger partial charge in [-0.15, -0.1) is 0 Å². The molecule has 2 aliphatic rings. The molecule has 188 valence electrons. The lowest BCUT2D eigenvalue weighted by molar-refractivity contribution is -0.134. The van der Waals surface area contributed by atoms with E-state index in [-0.39, 0.29) is 17.9 Å². The third kappa shape index (κ3) is 4.03. The summed E-state index contributed by atoms with van der Waals surface area (Å²) in [6.45, 7) is 8.06. The molecule has 0 saturated carbocycles. The Kier molecular flexibility index (Phi) is 5.96. The van der Waals surface area contributed by atoms with Gasteiger partial charge >= 0.3 is 11.9 Å². The highest BCUT2D eigenvalue weighted by atomic mass is 16.5. The zero-order valence-electron chi connectivity index (χ0n) is 21.4. The van der Waals surface area contributed by atoms with E-state index in [1.165, 1.54) is 5.56 Å². The Bertz CT molecular complexity index is 1560. The molecular formula is C34H28O4. The highest BCUT2D eigenvalue weighted by Crippen LogP contribution is 2.44. The van der Waals surface area contributed by atoms with Gasteiger partial charge in [0.2, 0.25) is 0 Å². The van der Waals surface area contributed by atoms with E-state index in [9.17, 15) is 9.59 Å². The molecule has 0 aliphatic carbocycles. The number of aryl methyl sites for hydroxylation is 1. The summed E-state index contributed by atoms with van der Waals surface area (Å²) in [5.74, 6) is -0.147. The summed E-state index contributed by atoms with van der Waals surface area (Å²) in [7, 11) is 0. The maximum Gasteiger partial charge on any atom is 0.323 e. The maximum atomic E-state index is 12.8. The van der Waals surface area contributed by atoms with Gasteiger partial charge in [0, 0.05) is 17.0 Å². The molecule has 0 N–H and O–H groups in total. The number of hydrogen-bond donors (Lipinski definition) is 0. The van der Waals surface area contributed by atoms with Crippen LogP contribution in [0.5, 0.6) is 11.5 Å². The Morgan fingerprint density at radius 3 is 1.66 bits per heavy atom. The Labute approximate surface area is 222 Å². The van der Waals surface area contributed by atoms with Crippen LogP contribution in [-0.4, -0.2) is 11.9 Å². The minimum absolute atomic E-state index is 0.0314. The molecule has 4 aromatic carbocycles. The molecule has 38 heavy (non-hydrogen) atoms. The molecule has 4 aromatic rings. The predicted octanol–water partition coefficient (Wildman–Crippen LogP) is 7.15. The molecule has 0 bridgehead atoms. The Morgan fingerprint density at radius 1 is 0.737 bits per heavy atom. The van der Waals surface area contributed by atoms with E-state index in [0.717, 1.165) is 45.4 Å². The Balaban J connectivity index is 1.33. The van der Waals surface area contributed by atoms with Crippen molar-refractivity contribution in [3.63, 3.8) is 0 Å². The molecule has 0 amide bonds. The van der Waals surface area contributed by atoms with Gasteiger partial charge in [-0.1, -0.05) is 99.3 Å². The number of benzene rings is 4. The van der Waals surface area contributed by atoms with Gasteiger partial charge in [0.05, 0.1) is 0 Å². The highest BCUT2D eigenvalue weighted by molar-refractivity contribution is 5.90. The van der Waals surface area contributed by atoms with Crippen molar-refractivity contribution in [1.82, 2.24) is 0 Å². The number of carbonyl (C=O) groups is 2. The van der Waals surface area contributed by atoms with Crippen molar-refractivity contribution in [2.45, 2.75) is 38.0 Å². The lowest BCUT2D eigenvalue weighted by Gasteiger charge is -2.16. The standard InChI is InChI=1S/C34H28O4/c1-4-21-6-10-23(11-7-21)31-27-18-25(14-16-29(27)37-33(31)35)20(3)26-15-17-30-28(19-26)32(34(36)38-30)24-12-8-22(5-2)9-13-24/h4,6-20,31-32H,1,5H2,2-3H3. The van der Waals surface area contributed by atoms with Crippen LogP contribution in [0.25, 0.3) is 6.08 Å². The summed E-state index contributed by atoms with van der Waals surface area (Å²) in [6, 6.07) is 28.0. The van der Waals surface area contributed by atoms with Crippen LogP contribution >= 0.6 is 0 Å². The van der Waals surface area contributed by atoms with Gasteiger partial charge in [-0.05, 0) is 51.9 Å². The lowest BCUT2D eigenvalue weighted by atomic mass is 9.85. The van der Waals surface area contributed by atoms with E-state index >= 15 is 0 Å². The topological polar surface area (TPSA) is 52.6 Å². The molecule has 2 aliphatic heterocycles. The second kappa shape index (κ2) is 9.46. The van der Waals surface area contributed by atoms with Gasteiger partial charge in [0.25, 0.3) is 0 Å². The molecule has 0 radical (unpaired) electrons. The van der Waals surface area contributed by atoms with Crippen molar-refractivity contribution in [2.24, 2.45) is 0 Å². The minimum atomic E-state index is -0.461. The zero-order valence-corrected chi connectivity index (χ0v) is 21.4. The molecule has 6 rings (SSSR count). The van der Waals surface area contributed by atoms with E-state index in [1.807, 2.05) is 60.7 Å². The zero-order chi connectivity index (χ0) is 26.4. The fourth-order valence-corrected chi connectivity index (χ4v) is 5.49. The summed E-state index contributed by atoms with van der Waals surface area (Å²) in [5, 5.41) is 0. The first kappa shape index (κ1) is 23.9. The Morgan fingerprint density at radius 2 is 1.21 bits per heavy atom. The summed E-state index contributed by atoms with van der Waals surface area (Å²) < 4.78 is 11.2. The van der Waals surface area contributed by atoms with Crippen molar-refractivity contribution in [3.8, 4) is 11.5 Å². The van der Waals surface area contributed by atoms with Crippen molar-refractivity contribution < 1.29 is 19.1 Å². The average molecular weight is 501 g/mol. The second-order valence-electron chi connectivity index (χ2n) is 9.99. The third-order valence-electron chi connectivity index (χ3n) is 7.81. The Hall–Kier alpha value is -4.44. The van der Waals surface area contributed by atoms with Gasteiger partial charge in [0.15, 0.2) is 0 Å². The fourth-order valence-electron chi connectivity index (χ4n) is 5.49. The van der Waals surface area contributed by atoms with Crippen LogP contribution in [-0.2, 0) is 16.0 Å². The van der Waals surface area contributed by atoms with Crippen molar-refractivity contribution in [3.05, 3.63) is 136 Å². The van der Waals surface area contributed by atoms with Crippen molar-refractivity contribution in [2.75, 3.05) is 0 Å². The van der Waals surface area contributed by atoms with Gasteiger partial charge in [-0.2, -0.15) is 0 Å². The molecule has 3 unspecified atom stereocenters. The van der Waals surface area contributed by atoms with Crippen LogP contribution in [0.3, 0.4) is 0 Å². The van der Waals surface area contributed by atoms with E-state index in [0.29, 0.717) is 11.5 Å². The maximum absolute atomic E-state index is 12.8. The van der Waals surface area contributed by atoms with Gasteiger partial charge < -0.3 is 9.47 Å². The smallest absolute Gasteiger partial charge is 0.323 e. The largest absolute Gasteiger partial charge is 0.425 e. The van der Waals surface area contributed by atoms with E-state index in [4.69, 9.17) is 9.47 Å². The quantitative estimate of drug-likeness (QED) is 0.208. The van der Waals surface area contributed by atoms with E-state index < -0.39 is 11.8 Å². The predicted molar refractivity (Wildman–Crippen MR) is 148 cm³/mol. The second-order valence-corrected chi connectivity index (χ2v) is 9.99. The third-order valence-corrected chi connectivity index (χ3v) is 7.81. The van der Waals surface area contributed by atoms with Gasteiger partial charge in [-0.3, -0.25) is 9.59 Å². The normalized spacial score (nSPS) is 18.4. The molecule has 2 heterocycles. The highest BCUT2D eigenvalue weighted by Gasteiger charge is 2.36. The number of rotatable bonds is 6. The summed E-state index contributed by atoms with van der Waals surface area (Å²) in [4.78, 5) is 25.7. The van der Waals surface area contributed by atoms with Crippen molar-refractivity contribution >= 4 is 18.0 Å². The first-order valence-electron chi connectivity index (χ1n) is 13.0. The van der Waals surface area contributed by atoms with Gasteiger partial charge in [0.1, 0.15) is 23.3 Å². The lowest BCUT2D eigenvalue weighted by Crippen LogP contribution is -2.11. The van der Waals surface area contributed by atoms with E-state index in [1.54, 1.807) is 6.08 Å².